The van der Waals surface area contributed by atoms with E-state index >= 15 is 0 Å². The first-order valence-corrected chi connectivity index (χ1v) is 6.96. The summed E-state index contributed by atoms with van der Waals surface area (Å²) >= 11 is 8.24. The molecule has 0 saturated heterocycles. The number of nitrogens with one attached hydrogen (secondary N) is 1. The van der Waals surface area contributed by atoms with Crippen molar-refractivity contribution in [3.05, 3.63) is 45.3 Å². The van der Waals surface area contributed by atoms with Crippen LogP contribution in [0.5, 0.6) is 0 Å². The van der Waals surface area contributed by atoms with Crippen LogP contribution >= 0.6 is 28.1 Å². The van der Waals surface area contributed by atoms with Gasteiger partial charge in [-0.15, -0.1) is 5.10 Å². The van der Waals surface area contributed by atoms with Gasteiger partial charge in [-0.05, 0) is 37.6 Å². The van der Waals surface area contributed by atoms with E-state index in [9.17, 15) is 4.39 Å². The first-order valence-electron chi connectivity index (χ1n) is 5.76. The highest BCUT2D eigenvalue weighted by Crippen LogP contribution is 2.25. The molecule has 0 aliphatic rings. The van der Waals surface area contributed by atoms with Crippen LogP contribution in [0.2, 0.25) is 0 Å². The maximum atomic E-state index is 13.8. The van der Waals surface area contributed by atoms with Gasteiger partial charge in [0.05, 0.1) is 16.9 Å². The predicted octanol–water partition coefficient (Wildman–Crippen LogP) is 3.37. The minimum atomic E-state index is -0.409. The monoisotopic (exact) mass is 354 g/mol. The van der Waals surface area contributed by atoms with Crippen LogP contribution in [-0.4, -0.2) is 15.2 Å². The lowest BCUT2D eigenvalue weighted by molar-refractivity contribution is 0.631. The second-order valence-electron chi connectivity index (χ2n) is 4.25. The van der Waals surface area contributed by atoms with Gasteiger partial charge in [0.25, 0.3) is 0 Å². The summed E-state index contributed by atoms with van der Waals surface area (Å²) in [5, 5.41) is 10.9. The average Bonchev–Trinajstić information content (AvgIpc) is 2.36. The third-order valence-electron chi connectivity index (χ3n) is 2.89. The Morgan fingerprint density at radius 3 is 2.65 bits per heavy atom. The summed E-state index contributed by atoms with van der Waals surface area (Å²) in [5.74, 6) is -0.0601. The third kappa shape index (κ3) is 2.94. The number of benzene rings is 1. The van der Waals surface area contributed by atoms with Gasteiger partial charge >= 0.3 is 0 Å². The Hall–Kier alpha value is -1.60. The van der Waals surface area contributed by atoms with E-state index in [4.69, 9.17) is 18.0 Å². The van der Waals surface area contributed by atoms with Gasteiger partial charge in [-0.2, -0.15) is 5.10 Å². The molecule has 20 heavy (non-hydrogen) atoms. The van der Waals surface area contributed by atoms with E-state index in [1.807, 2.05) is 13.8 Å². The number of hydrogen-bond acceptors (Lipinski definition) is 4. The van der Waals surface area contributed by atoms with Crippen LogP contribution in [0, 0.1) is 19.7 Å². The molecule has 2 aromatic rings. The first-order chi connectivity index (χ1) is 9.40. The van der Waals surface area contributed by atoms with Crippen LogP contribution in [0.25, 0.3) is 0 Å². The molecule has 0 spiro atoms. The Kier molecular flexibility index (Phi) is 4.29. The molecule has 0 aliphatic heterocycles. The summed E-state index contributed by atoms with van der Waals surface area (Å²) < 4.78 is 14.5. The Balaban J connectivity index is 2.48. The minimum absolute atomic E-state index is 0.195. The van der Waals surface area contributed by atoms with Crippen LogP contribution < -0.4 is 11.1 Å². The Morgan fingerprint density at radius 1 is 1.35 bits per heavy atom. The van der Waals surface area contributed by atoms with E-state index in [0.29, 0.717) is 15.9 Å². The molecule has 0 radical (unpaired) electrons. The quantitative estimate of drug-likeness (QED) is 0.827. The van der Waals surface area contributed by atoms with E-state index in [-0.39, 0.29) is 10.7 Å². The van der Waals surface area contributed by atoms with Gasteiger partial charge in [0.15, 0.2) is 5.82 Å². The van der Waals surface area contributed by atoms with Crippen molar-refractivity contribution >= 4 is 44.6 Å². The van der Waals surface area contributed by atoms with Crippen molar-refractivity contribution in [1.82, 2.24) is 10.2 Å². The molecule has 0 saturated carbocycles. The molecule has 4 nitrogen and oxygen atoms in total. The SMILES string of the molecule is Cc1nnc(Nc2ccc(Br)cc2F)c(C(N)=S)c1C. The highest BCUT2D eigenvalue weighted by atomic mass is 79.9. The van der Waals surface area contributed by atoms with Crippen molar-refractivity contribution in [3.63, 3.8) is 0 Å². The number of aryl methyl sites for hydroxylation is 1. The van der Waals surface area contributed by atoms with E-state index < -0.39 is 5.82 Å². The van der Waals surface area contributed by atoms with Crippen LogP contribution in [0.15, 0.2) is 22.7 Å². The minimum Gasteiger partial charge on any atom is -0.389 e. The molecule has 1 aromatic carbocycles. The van der Waals surface area contributed by atoms with Gasteiger partial charge in [0.2, 0.25) is 0 Å². The maximum Gasteiger partial charge on any atom is 0.163 e. The molecular formula is C13H12BrFN4S. The van der Waals surface area contributed by atoms with Crippen LogP contribution in [0.3, 0.4) is 0 Å². The summed E-state index contributed by atoms with van der Waals surface area (Å²) in [4.78, 5) is 0.195. The van der Waals surface area contributed by atoms with Crippen LogP contribution in [-0.2, 0) is 0 Å². The van der Waals surface area contributed by atoms with Crippen molar-refractivity contribution in [1.29, 1.82) is 0 Å². The van der Waals surface area contributed by atoms with E-state index in [1.165, 1.54) is 6.07 Å². The highest BCUT2D eigenvalue weighted by molar-refractivity contribution is 9.10. The normalized spacial score (nSPS) is 10.4. The van der Waals surface area contributed by atoms with Crippen molar-refractivity contribution in [2.75, 3.05) is 5.32 Å². The second kappa shape index (κ2) is 5.80. The van der Waals surface area contributed by atoms with Crippen LogP contribution in [0.4, 0.5) is 15.9 Å². The second-order valence-corrected chi connectivity index (χ2v) is 5.60. The zero-order valence-electron chi connectivity index (χ0n) is 10.9. The number of nitrogens with two attached hydrogens (primary N) is 1. The standard InChI is InChI=1S/C13H12BrFN4S/c1-6-7(2)18-19-13(11(6)12(16)20)17-10-4-3-8(14)5-9(10)15/h3-5H,1-2H3,(H2,16,20)(H,17,19). The molecule has 7 heteroatoms. The van der Waals surface area contributed by atoms with Gasteiger partial charge in [-0.1, -0.05) is 28.1 Å². The lowest BCUT2D eigenvalue weighted by Crippen LogP contribution is -2.17. The smallest absolute Gasteiger partial charge is 0.163 e. The zero-order chi connectivity index (χ0) is 14.9. The Bertz CT molecular complexity index is 690. The third-order valence-corrected chi connectivity index (χ3v) is 3.58. The lowest BCUT2D eigenvalue weighted by Gasteiger charge is -2.13. The summed E-state index contributed by atoms with van der Waals surface area (Å²) in [6.07, 6.45) is 0. The number of halogens is 2. The van der Waals surface area contributed by atoms with Gasteiger partial charge in [-0.3, -0.25) is 0 Å². The molecule has 0 bridgehead atoms. The number of anilines is 2. The molecule has 0 atom stereocenters. The molecule has 0 amide bonds. The van der Waals surface area contributed by atoms with Gasteiger partial charge < -0.3 is 11.1 Å². The van der Waals surface area contributed by atoms with Gasteiger partial charge in [0, 0.05) is 4.47 Å². The topological polar surface area (TPSA) is 63.8 Å². The summed E-state index contributed by atoms with van der Waals surface area (Å²) in [7, 11) is 0. The predicted molar refractivity (Wildman–Crippen MR) is 84.8 cm³/mol. The number of thiocarbonyl (C=S) groups is 1. The average molecular weight is 355 g/mol. The van der Waals surface area contributed by atoms with E-state index in [2.05, 4.69) is 31.4 Å². The van der Waals surface area contributed by atoms with E-state index in [0.717, 1.165) is 11.3 Å². The van der Waals surface area contributed by atoms with Gasteiger partial charge in [-0.25, -0.2) is 4.39 Å². The molecular weight excluding hydrogens is 343 g/mol. The molecule has 104 valence electrons. The molecule has 2 rings (SSSR count). The fourth-order valence-electron chi connectivity index (χ4n) is 1.72. The molecule has 1 heterocycles. The number of nitrogens with zero attached hydrogens (tertiary/aromatic N) is 2. The van der Waals surface area contributed by atoms with Crippen molar-refractivity contribution in [2.45, 2.75) is 13.8 Å². The maximum absolute atomic E-state index is 13.8. The first kappa shape index (κ1) is 14.8. The molecule has 1 aromatic heterocycles. The fourth-order valence-corrected chi connectivity index (χ4v) is 2.30. The Labute approximate surface area is 129 Å². The largest absolute Gasteiger partial charge is 0.389 e. The lowest BCUT2D eigenvalue weighted by atomic mass is 10.1. The van der Waals surface area contributed by atoms with E-state index in [1.54, 1.807) is 12.1 Å². The van der Waals surface area contributed by atoms with Crippen molar-refractivity contribution in [2.24, 2.45) is 5.73 Å². The highest BCUT2D eigenvalue weighted by Gasteiger charge is 2.15. The van der Waals surface area contributed by atoms with Crippen LogP contribution in [0.1, 0.15) is 16.8 Å². The Morgan fingerprint density at radius 2 is 2.05 bits per heavy atom. The summed E-state index contributed by atoms with van der Waals surface area (Å²) in [6.45, 7) is 3.66. The number of rotatable bonds is 3. The number of hydrogen-bond donors (Lipinski definition) is 2. The molecule has 0 fully saturated rings. The summed E-state index contributed by atoms with van der Waals surface area (Å²) in [6, 6.07) is 4.68. The number of aromatic nitrogens is 2. The molecule has 0 aliphatic carbocycles. The fraction of sp³-hybridized carbons (Fsp3) is 0.154. The molecule has 0 unspecified atom stereocenters. The van der Waals surface area contributed by atoms with Crippen molar-refractivity contribution in [3.8, 4) is 0 Å². The molecule has 3 N–H and O–H groups in total. The van der Waals surface area contributed by atoms with Crippen molar-refractivity contribution < 1.29 is 4.39 Å². The zero-order valence-corrected chi connectivity index (χ0v) is 13.3. The summed E-state index contributed by atoms with van der Waals surface area (Å²) in [5.41, 5.74) is 8.14. The van der Waals surface area contributed by atoms with Gasteiger partial charge in [0.1, 0.15) is 10.8 Å².